The van der Waals surface area contributed by atoms with Crippen molar-refractivity contribution in [2.24, 2.45) is 0 Å². The maximum atomic E-state index is 6.03. The summed E-state index contributed by atoms with van der Waals surface area (Å²) in [5.74, 6) is 2.90. The summed E-state index contributed by atoms with van der Waals surface area (Å²) in [6, 6.07) is 11.4. The van der Waals surface area contributed by atoms with Gasteiger partial charge in [-0.3, -0.25) is 0 Å². The van der Waals surface area contributed by atoms with Crippen molar-refractivity contribution in [1.29, 1.82) is 0 Å². The molecule has 1 N–H and O–H groups in total. The third kappa shape index (κ3) is 2.76. The molecule has 0 atom stereocenters. The number of aromatic nitrogens is 2. The lowest BCUT2D eigenvalue weighted by Gasteiger charge is -2.10. The van der Waals surface area contributed by atoms with Gasteiger partial charge in [-0.25, -0.2) is 9.97 Å². The third-order valence-electron chi connectivity index (χ3n) is 3.77. The molecule has 0 spiro atoms. The predicted octanol–water partition coefficient (Wildman–Crippen LogP) is 3.63. The monoisotopic (exact) mass is 343 g/mol. The Morgan fingerprint density at radius 3 is 2.88 bits per heavy atom. The van der Waals surface area contributed by atoms with Gasteiger partial charge in [0.2, 0.25) is 12.1 Å². The zero-order chi connectivity index (χ0) is 16.5. The van der Waals surface area contributed by atoms with Crippen molar-refractivity contribution in [3.8, 4) is 17.2 Å². The molecule has 0 fully saturated rings. The molecule has 0 saturated heterocycles. The Morgan fingerprint density at radius 1 is 1.12 bits per heavy atom. The fourth-order valence-corrected chi connectivity index (χ4v) is 2.75. The number of benzene rings is 2. The number of rotatable bonds is 4. The molecule has 1 aliphatic rings. The minimum Gasteiger partial charge on any atom is -0.497 e. The van der Waals surface area contributed by atoms with Crippen LogP contribution in [-0.2, 0) is 6.54 Å². The van der Waals surface area contributed by atoms with Gasteiger partial charge in [0.05, 0.1) is 12.6 Å². The second-order valence-corrected chi connectivity index (χ2v) is 5.60. The van der Waals surface area contributed by atoms with Crippen LogP contribution in [-0.4, -0.2) is 23.9 Å². The number of halogens is 1. The van der Waals surface area contributed by atoms with Crippen LogP contribution in [0.3, 0.4) is 0 Å². The number of hydrogen-bond donors (Lipinski definition) is 1. The lowest BCUT2D eigenvalue weighted by molar-refractivity contribution is 0.174. The summed E-state index contributed by atoms with van der Waals surface area (Å²) in [4.78, 5) is 8.53. The van der Waals surface area contributed by atoms with E-state index in [1.54, 1.807) is 7.11 Å². The molecule has 0 amide bonds. The first-order valence-electron chi connectivity index (χ1n) is 7.36. The fourth-order valence-electron chi connectivity index (χ4n) is 2.58. The van der Waals surface area contributed by atoms with E-state index >= 15 is 0 Å². The second kappa shape index (κ2) is 6.05. The van der Waals surface area contributed by atoms with E-state index < -0.39 is 0 Å². The smallest absolute Gasteiger partial charge is 0.231 e. The fraction of sp³-hybridized carbons (Fsp3) is 0.176. The quantitative estimate of drug-likeness (QED) is 0.730. The molecule has 0 saturated carbocycles. The van der Waals surface area contributed by atoms with Gasteiger partial charge in [-0.1, -0.05) is 6.07 Å². The minimum atomic E-state index is 0.195. The molecular weight excluding hydrogens is 330 g/mol. The molecule has 0 bridgehead atoms. The number of nitrogens with one attached hydrogen (secondary N) is 1. The summed E-state index contributed by atoms with van der Waals surface area (Å²) in [6.45, 7) is 0.828. The van der Waals surface area contributed by atoms with Gasteiger partial charge in [0.1, 0.15) is 11.6 Å². The van der Waals surface area contributed by atoms with Crippen LogP contribution in [0, 0.1) is 0 Å². The van der Waals surface area contributed by atoms with Gasteiger partial charge in [-0.2, -0.15) is 0 Å². The summed E-state index contributed by atoms with van der Waals surface area (Å²) in [7, 11) is 1.62. The second-order valence-electron chi connectivity index (χ2n) is 5.27. The molecule has 1 aromatic heterocycles. The predicted molar refractivity (Wildman–Crippen MR) is 91.0 cm³/mol. The van der Waals surface area contributed by atoms with Gasteiger partial charge in [0, 0.05) is 11.9 Å². The average Bonchev–Trinajstić information content (AvgIpc) is 3.07. The Kier molecular flexibility index (Phi) is 3.74. The zero-order valence-electron chi connectivity index (χ0n) is 12.9. The Labute approximate surface area is 143 Å². The topological polar surface area (TPSA) is 65.5 Å². The van der Waals surface area contributed by atoms with E-state index in [9.17, 15) is 0 Å². The molecule has 122 valence electrons. The molecule has 2 heterocycles. The van der Waals surface area contributed by atoms with Gasteiger partial charge < -0.3 is 19.5 Å². The van der Waals surface area contributed by atoms with Crippen molar-refractivity contribution in [2.75, 3.05) is 19.2 Å². The number of anilines is 1. The van der Waals surface area contributed by atoms with Crippen LogP contribution in [0.15, 0.2) is 36.4 Å². The van der Waals surface area contributed by atoms with Crippen LogP contribution in [0.4, 0.5) is 5.82 Å². The lowest BCUT2D eigenvalue weighted by Crippen LogP contribution is -2.03. The number of fused-ring (bicyclic) bond motifs is 2. The van der Waals surface area contributed by atoms with Gasteiger partial charge in [0.15, 0.2) is 11.5 Å². The van der Waals surface area contributed by atoms with Crippen LogP contribution in [0.1, 0.15) is 5.56 Å². The first kappa shape index (κ1) is 14.8. The largest absolute Gasteiger partial charge is 0.497 e. The van der Waals surface area contributed by atoms with Crippen LogP contribution in [0.5, 0.6) is 17.2 Å². The summed E-state index contributed by atoms with van der Waals surface area (Å²) in [5.41, 5.74) is 1.80. The molecule has 0 radical (unpaired) electrons. The normalized spacial score (nSPS) is 12.4. The van der Waals surface area contributed by atoms with E-state index in [0.29, 0.717) is 12.4 Å². The Bertz CT molecular complexity index is 917. The molecule has 7 heteroatoms. The third-order valence-corrected chi connectivity index (χ3v) is 3.94. The highest BCUT2D eigenvalue weighted by molar-refractivity contribution is 6.28. The maximum absolute atomic E-state index is 6.03. The number of hydrogen-bond acceptors (Lipinski definition) is 6. The van der Waals surface area contributed by atoms with Crippen LogP contribution in [0.25, 0.3) is 10.9 Å². The molecule has 2 aromatic carbocycles. The van der Waals surface area contributed by atoms with E-state index in [-0.39, 0.29) is 12.1 Å². The van der Waals surface area contributed by atoms with E-state index in [0.717, 1.165) is 33.7 Å². The minimum absolute atomic E-state index is 0.195. The van der Waals surface area contributed by atoms with Crippen molar-refractivity contribution < 1.29 is 14.2 Å². The van der Waals surface area contributed by atoms with E-state index in [4.69, 9.17) is 25.8 Å². The summed E-state index contributed by atoms with van der Waals surface area (Å²) >= 11 is 6.03. The standard InChI is InChI=1S/C17H14ClN3O3/c1-22-11-3-4-13-12(7-11)16(21-17(18)20-13)19-8-10-2-5-14-15(6-10)24-9-23-14/h2-7H,8-9H2,1H3,(H,19,20,21). The molecule has 24 heavy (non-hydrogen) atoms. The van der Waals surface area contributed by atoms with Gasteiger partial charge in [-0.05, 0) is 47.5 Å². The maximum Gasteiger partial charge on any atom is 0.231 e. The van der Waals surface area contributed by atoms with Crippen molar-refractivity contribution >= 4 is 28.3 Å². The summed E-state index contributed by atoms with van der Waals surface area (Å²) in [5, 5.41) is 4.34. The van der Waals surface area contributed by atoms with Gasteiger partial charge in [-0.15, -0.1) is 0 Å². The molecule has 1 aliphatic heterocycles. The van der Waals surface area contributed by atoms with E-state index in [2.05, 4.69) is 15.3 Å². The summed E-state index contributed by atoms with van der Waals surface area (Å²) < 4.78 is 16.0. The van der Waals surface area contributed by atoms with Gasteiger partial charge >= 0.3 is 0 Å². The van der Waals surface area contributed by atoms with Crippen molar-refractivity contribution in [3.63, 3.8) is 0 Å². The SMILES string of the molecule is COc1ccc2nc(Cl)nc(NCc3ccc4c(c3)OCO4)c2c1. The van der Waals surface area contributed by atoms with E-state index in [1.165, 1.54) is 0 Å². The molecule has 3 aromatic rings. The van der Waals surface area contributed by atoms with Crippen LogP contribution in [0.2, 0.25) is 5.28 Å². The highest BCUT2D eigenvalue weighted by atomic mass is 35.5. The van der Waals surface area contributed by atoms with Crippen LogP contribution < -0.4 is 19.5 Å². The molecule has 0 aliphatic carbocycles. The Balaban J connectivity index is 1.64. The van der Waals surface area contributed by atoms with Crippen LogP contribution >= 0.6 is 11.6 Å². The van der Waals surface area contributed by atoms with Gasteiger partial charge in [0.25, 0.3) is 0 Å². The Morgan fingerprint density at radius 2 is 2.00 bits per heavy atom. The number of nitrogens with zero attached hydrogens (tertiary/aromatic N) is 2. The summed E-state index contributed by atoms with van der Waals surface area (Å²) in [6.07, 6.45) is 0. The van der Waals surface area contributed by atoms with Crippen molar-refractivity contribution in [1.82, 2.24) is 9.97 Å². The van der Waals surface area contributed by atoms with Crippen molar-refractivity contribution in [2.45, 2.75) is 6.54 Å². The molecule has 4 rings (SSSR count). The zero-order valence-corrected chi connectivity index (χ0v) is 13.6. The lowest BCUT2D eigenvalue weighted by atomic mass is 10.2. The highest BCUT2D eigenvalue weighted by Gasteiger charge is 2.14. The van der Waals surface area contributed by atoms with Crippen molar-refractivity contribution in [3.05, 3.63) is 47.2 Å². The molecular formula is C17H14ClN3O3. The number of methoxy groups -OCH3 is 1. The first-order chi connectivity index (χ1) is 11.7. The first-order valence-corrected chi connectivity index (χ1v) is 7.74. The Hall–Kier alpha value is -2.73. The molecule has 0 unspecified atom stereocenters. The average molecular weight is 344 g/mol. The highest BCUT2D eigenvalue weighted by Crippen LogP contribution is 2.33. The molecule has 6 nitrogen and oxygen atoms in total. The van der Waals surface area contributed by atoms with E-state index in [1.807, 2.05) is 36.4 Å². The number of ether oxygens (including phenoxy) is 3.